The van der Waals surface area contributed by atoms with Gasteiger partial charge >= 0.3 is 53.6 Å². The molecule has 0 saturated heterocycles. The van der Waals surface area contributed by atoms with Crippen LogP contribution in [0.15, 0.2) is 18.2 Å². The van der Waals surface area contributed by atoms with E-state index in [0.717, 1.165) is 18.2 Å². The molecule has 1 rings (SSSR count). The third-order valence-electron chi connectivity index (χ3n) is 5.12. The van der Waals surface area contributed by atoms with Crippen LogP contribution >= 0.6 is 0 Å². The summed E-state index contributed by atoms with van der Waals surface area (Å²) in [6, 6.07) is 2.94. The third kappa shape index (κ3) is 5.64. The van der Waals surface area contributed by atoms with E-state index in [1.165, 1.54) is 0 Å². The molecule has 0 saturated carbocycles. The van der Waals surface area contributed by atoms with Crippen molar-refractivity contribution in [3.63, 3.8) is 0 Å². The van der Waals surface area contributed by atoms with Crippen LogP contribution in [0.4, 0.5) is 74.6 Å². The molecule has 1 aromatic rings. The minimum atomic E-state index is -8.71. The quantitative estimate of drug-likeness (QED) is 0.149. The minimum absolute atomic E-state index is 0.0832. The summed E-state index contributed by atoms with van der Waals surface area (Å²) in [6.45, 7) is -2.04. The molecular weight excluding hydrogens is 615 g/mol. The van der Waals surface area contributed by atoms with Gasteiger partial charge in [0.15, 0.2) is 11.5 Å². The van der Waals surface area contributed by atoms with Crippen LogP contribution in [0.25, 0.3) is 0 Å². The number of ether oxygens (including phenoxy) is 1. The van der Waals surface area contributed by atoms with Crippen LogP contribution in [-0.2, 0) is 16.0 Å². The van der Waals surface area contributed by atoms with Gasteiger partial charge in [0.2, 0.25) is 0 Å². The van der Waals surface area contributed by atoms with Gasteiger partial charge in [-0.05, 0) is 24.1 Å². The van der Waals surface area contributed by atoms with Crippen LogP contribution in [0.5, 0.6) is 11.5 Å². The second-order valence-electron chi connectivity index (χ2n) is 7.94. The highest BCUT2D eigenvalue weighted by Gasteiger charge is 2.95. The Kier molecular flexibility index (Phi) is 9.22. The first-order valence-corrected chi connectivity index (χ1v) is 9.91. The number of alkyl halides is 17. The molecule has 0 aliphatic heterocycles. The Bertz CT molecular complexity index is 1070. The number of phenols is 2. The molecule has 0 atom stereocenters. The number of phenolic OH excluding ortho intramolecular Hbond substituents is 2. The highest BCUT2D eigenvalue weighted by atomic mass is 19.4. The molecule has 2 N–H and O–H groups in total. The van der Waals surface area contributed by atoms with Gasteiger partial charge in [-0.2, -0.15) is 74.6 Å². The maximum absolute atomic E-state index is 13.8. The summed E-state index contributed by atoms with van der Waals surface area (Å²) in [5.41, 5.74) is 0.0832. The van der Waals surface area contributed by atoms with Gasteiger partial charge in [-0.25, -0.2) is 0 Å². The van der Waals surface area contributed by atoms with Crippen molar-refractivity contribution >= 4 is 5.97 Å². The van der Waals surface area contributed by atoms with Crippen molar-refractivity contribution in [1.82, 2.24) is 0 Å². The van der Waals surface area contributed by atoms with Crippen LogP contribution in [0.2, 0.25) is 0 Å². The molecule has 0 heterocycles. The lowest BCUT2D eigenvalue weighted by Gasteiger charge is -2.42. The number of esters is 1. The number of hydrogen-bond donors (Lipinski definition) is 2. The van der Waals surface area contributed by atoms with Gasteiger partial charge in [-0.15, -0.1) is 0 Å². The van der Waals surface area contributed by atoms with E-state index in [9.17, 15) is 84.5 Å². The molecule has 0 aliphatic rings. The van der Waals surface area contributed by atoms with Gasteiger partial charge < -0.3 is 14.9 Å². The lowest BCUT2D eigenvalue weighted by molar-refractivity contribution is -0.461. The second-order valence-corrected chi connectivity index (χ2v) is 7.94. The van der Waals surface area contributed by atoms with E-state index in [-0.39, 0.29) is 5.56 Å². The van der Waals surface area contributed by atoms with E-state index >= 15 is 0 Å². The van der Waals surface area contributed by atoms with Crippen molar-refractivity contribution in [2.24, 2.45) is 0 Å². The normalized spacial score (nSPS) is 14.8. The van der Waals surface area contributed by atoms with E-state index in [0.29, 0.717) is 0 Å². The van der Waals surface area contributed by atoms with Gasteiger partial charge in [0.25, 0.3) is 0 Å². The lowest BCUT2D eigenvalue weighted by Crippen LogP contribution is -2.74. The smallest absolute Gasteiger partial charge is 0.460 e. The van der Waals surface area contributed by atoms with Crippen LogP contribution in [0.1, 0.15) is 18.4 Å². The Morgan fingerprint density at radius 3 is 1.48 bits per heavy atom. The molecule has 0 aliphatic carbocycles. The molecule has 1 aromatic carbocycles. The monoisotopic (exact) mass is 628 g/mol. The van der Waals surface area contributed by atoms with Crippen LogP contribution in [0, 0.1) is 0 Å². The first-order valence-electron chi connectivity index (χ1n) is 9.91. The van der Waals surface area contributed by atoms with E-state index in [1.54, 1.807) is 0 Å². The van der Waals surface area contributed by atoms with Crippen molar-refractivity contribution in [3.8, 4) is 11.5 Å². The van der Waals surface area contributed by atoms with Gasteiger partial charge in [0.05, 0.1) is 13.0 Å². The highest BCUT2D eigenvalue weighted by molar-refractivity contribution is 5.69. The predicted molar refractivity (Wildman–Crippen MR) is 94.4 cm³/mol. The Morgan fingerprint density at radius 2 is 1.05 bits per heavy atom. The number of aryl methyl sites for hydroxylation is 1. The van der Waals surface area contributed by atoms with Crippen molar-refractivity contribution in [2.75, 3.05) is 6.61 Å². The summed E-state index contributed by atoms with van der Waals surface area (Å²) >= 11 is 0. The fourth-order valence-electron chi connectivity index (χ4n) is 2.69. The first kappa shape index (κ1) is 35.1. The number of carbonyl (C=O) groups excluding carboxylic acids is 1. The fraction of sp³-hybridized carbons (Fsp3) is 0.632. The highest BCUT2D eigenvalue weighted by Crippen LogP contribution is 2.64. The topological polar surface area (TPSA) is 66.8 Å². The third-order valence-corrected chi connectivity index (χ3v) is 5.12. The standard InChI is InChI=1S/C19H13F17O4/c20-12(21,5-6-40-11(39)4-2-8-1-3-9(37)10(38)7-8)13(22,23)14(24,25)15(26,27)16(28,29)17(30,31)18(32,33)19(34,35)36/h1,3,7,37-38H,2,4-6H2. The van der Waals surface area contributed by atoms with Gasteiger partial charge in [-0.1, -0.05) is 6.07 Å². The molecule has 40 heavy (non-hydrogen) atoms. The van der Waals surface area contributed by atoms with Crippen molar-refractivity contribution in [2.45, 2.75) is 66.9 Å². The summed E-state index contributed by atoms with van der Waals surface area (Å²) in [7, 11) is 0. The Balaban J connectivity index is 3.11. The molecule has 0 amide bonds. The van der Waals surface area contributed by atoms with Crippen molar-refractivity contribution in [3.05, 3.63) is 23.8 Å². The average molecular weight is 628 g/mol. The molecule has 0 unspecified atom stereocenters. The second kappa shape index (κ2) is 10.5. The maximum Gasteiger partial charge on any atom is 0.460 e. The van der Waals surface area contributed by atoms with Crippen molar-refractivity contribution in [1.29, 1.82) is 0 Å². The summed E-state index contributed by atoms with van der Waals surface area (Å²) in [4.78, 5) is 11.5. The molecule has 232 valence electrons. The minimum Gasteiger partial charge on any atom is -0.504 e. The van der Waals surface area contributed by atoms with E-state index < -0.39 is 91.0 Å². The first-order chi connectivity index (χ1) is 17.5. The molecule has 0 fully saturated rings. The summed E-state index contributed by atoms with van der Waals surface area (Å²) in [5.74, 6) is -60.0. The zero-order chi connectivity index (χ0) is 32.0. The van der Waals surface area contributed by atoms with E-state index in [4.69, 9.17) is 5.11 Å². The summed E-state index contributed by atoms with van der Waals surface area (Å²) in [6.07, 6.45) is -11.9. The number of aromatic hydroxyl groups is 2. The van der Waals surface area contributed by atoms with Gasteiger partial charge in [0.1, 0.15) is 0 Å². The summed E-state index contributed by atoms with van der Waals surface area (Å²) in [5, 5.41) is 18.4. The number of hydrogen-bond acceptors (Lipinski definition) is 4. The number of benzene rings is 1. The molecule has 0 bridgehead atoms. The molecule has 21 heteroatoms. The Labute approximate surface area is 210 Å². The van der Waals surface area contributed by atoms with Gasteiger partial charge in [-0.3, -0.25) is 4.79 Å². The molecular formula is C19H13F17O4. The average Bonchev–Trinajstić information content (AvgIpc) is 2.78. The molecule has 4 nitrogen and oxygen atoms in total. The zero-order valence-corrected chi connectivity index (χ0v) is 18.7. The van der Waals surface area contributed by atoms with Crippen LogP contribution in [0.3, 0.4) is 0 Å². The SMILES string of the molecule is O=C(CCc1ccc(O)c(O)c1)OCCC(F)(F)C(F)(F)C(F)(F)C(F)(F)C(F)(F)C(F)(F)C(F)(F)C(F)(F)F. The summed E-state index contributed by atoms with van der Waals surface area (Å²) < 4.78 is 228. The van der Waals surface area contributed by atoms with E-state index in [2.05, 4.69) is 4.74 Å². The lowest BCUT2D eigenvalue weighted by atomic mass is 9.88. The van der Waals surface area contributed by atoms with Crippen molar-refractivity contribution < 1.29 is 94.4 Å². The largest absolute Gasteiger partial charge is 0.504 e. The van der Waals surface area contributed by atoms with Crippen LogP contribution in [-0.4, -0.2) is 70.4 Å². The van der Waals surface area contributed by atoms with E-state index in [1.807, 2.05) is 0 Å². The predicted octanol–water partition coefficient (Wildman–Crippen LogP) is 6.97. The Hall–Kier alpha value is -2.90. The zero-order valence-electron chi connectivity index (χ0n) is 18.7. The molecule has 0 radical (unpaired) electrons. The number of carbonyl (C=O) groups is 1. The fourth-order valence-corrected chi connectivity index (χ4v) is 2.69. The van der Waals surface area contributed by atoms with Gasteiger partial charge in [0, 0.05) is 6.42 Å². The molecule has 0 aromatic heterocycles. The maximum atomic E-state index is 13.8. The van der Waals surface area contributed by atoms with Crippen LogP contribution < -0.4 is 0 Å². The number of halogens is 17. The number of rotatable bonds is 12. The Morgan fingerprint density at radius 1 is 0.625 bits per heavy atom. The molecule has 0 spiro atoms.